The van der Waals surface area contributed by atoms with Crippen LogP contribution in [0.3, 0.4) is 0 Å². The van der Waals surface area contributed by atoms with Crippen LogP contribution in [0, 0.1) is 0 Å². The summed E-state index contributed by atoms with van der Waals surface area (Å²) in [6, 6.07) is 2.61. The van der Waals surface area contributed by atoms with Crippen molar-refractivity contribution in [3.8, 4) is 0 Å². The third-order valence-electron chi connectivity index (χ3n) is 2.96. The molecule has 1 aromatic rings. The first-order chi connectivity index (χ1) is 9.49. The van der Waals surface area contributed by atoms with Crippen molar-refractivity contribution in [3.05, 3.63) is 28.2 Å². The first-order valence-electron chi connectivity index (χ1n) is 5.91. The number of amides is 2. The molecular formula is C11H12Cl2N4O3. The molecule has 2 amide bonds. The molecule has 0 unspecified atom stereocenters. The fraction of sp³-hybridized carbons (Fsp3) is 0.455. The minimum Gasteiger partial charge on any atom is -0.337 e. The summed E-state index contributed by atoms with van der Waals surface area (Å²) < 4.78 is 0. The minimum absolute atomic E-state index is 0.164. The zero-order valence-corrected chi connectivity index (χ0v) is 11.9. The van der Waals surface area contributed by atoms with E-state index < -0.39 is 4.84 Å². The molecule has 9 heteroatoms. The monoisotopic (exact) mass is 318 g/mol. The van der Waals surface area contributed by atoms with E-state index in [2.05, 4.69) is 10.2 Å². The van der Waals surface area contributed by atoms with E-state index >= 15 is 0 Å². The van der Waals surface area contributed by atoms with Gasteiger partial charge in [-0.2, -0.15) is 5.10 Å². The highest BCUT2D eigenvalue weighted by molar-refractivity contribution is 6.53. The van der Waals surface area contributed by atoms with Gasteiger partial charge in [-0.15, -0.1) is 0 Å². The first kappa shape index (κ1) is 14.8. The molecule has 20 heavy (non-hydrogen) atoms. The largest absolute Gasteiger partial charge is 0.337 e. The average molecular weight is 319 g/mol. The standard InChI is InChI=1S/C11H12Cl2N4O3/c12-9(13)11(20)17-5-3-16(4-6-17)10(19)7-1-2-8(18)15-14-7/h1-2,9H,3-6H2,(H,15,18). The quantitative estimate of drug-likeness (QED) is 0.769. The molecule has 2 heterocycles. The molecule has 1 aliphatic heterocycles. The number of alkyl halides is 2. The van der Waals surface area contributed by atoms with Crippen LogP contribution in [0.25, 0.3) is 0 Å². The number of hydrogen-bond acceptors (Lipinski definition) is 4. The second-order valence-corrected chi connectivity index (χ2v) is 5.32. The molecule has 2 rings (SSSR count). The molecule has 0 aromatic carbocycles. The van der Waals surface area contributed by atoms with Crippen molar-refractivity contribution in [2.24, 2.45) is 0 Å². The molecule has 0 bridgehead atoms. The molecule has 108 valence electrons. The normalized spacial score (nSPS) is 15.6. The number of rotatable bonds is 2. The average Bonchev–Trinajstić information content (AvgIpc) is 2.46. The van der Waals surface area contributed by atoms with Gasteiger partial charge in [-0.25, -0.2) is 5.10 Å². The summed E-state index contributed by atoms with van der Waals surface area (Å²) in [5, 5.41) is 5.89. The van der Waals surface area contributed by atoms with E-state index in [1.54, 1.807) is 4.90 Å². The Morgan fingerprint density at radius 2 is 1.75 bits per heavy atom. The lowest BCUT2D eigenvalue weighted by molar-refractivity contribution is -0.130. The molecule has 1 saturated heterocycles. The number of carbonyl (C=O) groups is 2. The highest BCUT2D eigenvalue weighted by Crippen LogP contribution is 2.11. The van der Waals surface area contributed by atoms with Gasteiger partial charge in [0, 0.05) is 32.2 Å². The molecule has 0 spiro atoms. The van der Waals surface area contributed by atoms with Crippen molar-refractivity contribution in [2.45, 2.75) is 4.84 Å². The maximum absolute atomic E-state index is 12.1. The second kappa shape index (κ2) is 6.23. The summed E-state index contributed by atoms with van der Waals surface area (Å²) >= 11 is 11.0. The van der Waals surface area contributed by atoms with E-state index in [0.717, 1.165) is 0 Å². The summed E-state index contributed by atoms with van der Waals surface area (Å²) in [5.74, 6) is -0.649. The van der Waals surface area contributed by atoms with Crippen molar-refractivity contribution >= 4 is 35.0 Å². The number of hydrogen-bond donors (Lipinski definition) is 1. The van der Waals surface area contributed by atoms with Crippen LogP contribution in [-0.4, -0.2) is 62.8 Å². The first-order valence-corrected chi connectivity index (χ1v) is 6.78. The Morgan fingerprint density at radius 1 is 1.15 bits per heavy atom. The molecule has 1 aromatic heterocycles. The SMILES string of the molecule is O=C(c1ccc(=O)[nH]n1)N1CCN(C(=O)C(Cl)Cl)CC1. The third-order valence-corrected chi connectivity index (χ3v) is 3.34. The van der Waals surface area contributed by atoms with Gasteiger partial charge >= 0.3 is 0 Å². The van der Waals surface area contributed by atoms with Crippen molar-refractivity contribution in [2.75, 3.05) is 26.2 Å². The van der Waals surface area contributed by atoms with Crippen molar-refractivity contribution in [3.63, 3.8) is 0 Å². The van der Waals surface area contributed by atoms with Gasteiger partial charge in [-0.1, -0.05) is 23.2 Å². The molecule has 0 saturated carbocycles. The molecule has 7 nitrogen and oxygen atoms in total. The van der Waals surface area contributed by atoms with E-state index in [4.69, 9.17) is 23.2 Å². The van der Waals surface area contributed by atoms with E-state index in [0.29, 0.717) is 26.2 Å². The lowest BCUT2D eigenvalue weighted by atomic mass is 10.2. The summed E-state index contributed by atoms with van der Waals surface area (Å²) in [4.78, 5) is 36.6. The van der Waals surface area contributed by atoms with Crippen LogP contribution >= 0.6 is 23.2 Å². The molecule has 0 radical (unpaired) electrons. The lowest BCUT2D eigenvalue weighted by Gasteiger charge is -2.34. The highest BCUT2D eigenvalue weighted by Gasteiger charge is 2.27. The maximum atomic E-state index is 12.1. The van der Waals surface area contributed by atoms with E-state index in [1.165, 1.54) is 17.0 Å². The van der Waals surface area contributed by atoms with Gasteiger partial charge in [-0.3, -0.25) is 14.4 Å². The lowest BCUT2D eigenvalue weighted by Crippen LogP contribution is -2.51. The molecule has 0 atom stereocenters. The number of halogens is 2. The number of carbonyl (C=O) groups excluding carboxylic acids is 2. The Kier molecular flexibility index (Phi) is 4.61. The van der Waals surface area contributed by atoms with Crippen LogP contribution in [-0.2, 0) is 4.79 Å². The predicted molar refractivity (Wildman–Crippen MR) is 72.8 cm³/mol. The van der Waals surface area contributed by atoms with Gasteiger partial charge in [0.05, 0.1) is 0 Å². The van der Waals surface area contributed by atoms with Crippen molar-refractivity contribution in [1.29, 1.82) is 0 Å². The van der Waals surface area contributed by atoms with Gasteiger partial charge in [0.1, 0.15) is 5.69 Å². The molecular weight excluding hydrogens is 307 g/mol. The van der Waals surface area contributed by atoms with Gasteiger partial charge in [0.2, 0.25) is 0 Å². The number of nitrogens with one attached hydrogen (secondary N) is 1. The Bertz CT molecular complexity index is 547. The smallest absolute Gasteiger partial charge is 0.274 e. The van der Waals surface area contributed by atoms with E-state index in [-0.39, 0.29) is 23.1 Å². The Morgan fingerprint density at radius 3 is 2.25 bits per heavy atom. The maximum Gasteiger partial charge on any atom is 0.274 e. The number of H-pyrrole nitrogens is 1. The van der Waals surface area contributed by atoms with E-state index in [1.807, 2.05) is 0 Å². The zero-order valence-electron chi connectivity index (χ0n) is 10.4. The predicted octanol–water partition coefficient (Wildman–Crippen LogP) is -0.142. The van der Waals surface area contributed by atoms with Gasteiger partial charge in [-0.05, 0) is 6.07 Å². The molecule has 1 N–H and O–H groups in total. The summed E-state index contributed by atoms with van der Waals surface area (Å²) in [6.07, 6.45) is 0. The number of piperazine rings is 1. The van der Waals surface area contributed by atoms with E-state index in [9.17, 15) is 14.4 Å². The van der Waals surface area contributed by atoms with Gasteiger partial charge < -0.3 is 9.80 Å². The van der Waals surface area contributed by atoms with Crippen LogP contribution in [0.2, 0.25) is 0 Å². The highest BCUT2D eigenvalue weighted by atomic mass is 35.5. The van der Waals surface area contributed by atoms with Crippen LogP contribution in [0.1, 0.15) is 10.5 Å². The molecule has 0 aliphatic carbocycles. The second-order valence-electron chi connectivity index (χ2n) is 4.22. The zero-order chi connectivity index (χ0) is 14.7. The summed E-state index contributed by atoms with van der Waals surface area (Å²) in [6.45, 7) is 1.46. The fourth-order valence-electron chi connectivity index (χ4n) is 1.89. The fourth-order valence-corrected chi connectivity index (χ4v) is 2.17. The van der Waals surface area contributed by atoms with Gasteiger partial charge in [0.15, 0.2) is 4.84 Å². The van der Waals surface area contributed by atoms with Crippen LogP contribution in [0.15, 0.2) is 16.9 Å². The van der Waals surface area contributed by atoms with Crippen molar-refractivity contribution < 1.29 is 9.59 Å². The molecule has 1 fully saturated rings. The molecule has 1 aliphatic rings. The Labute approximate surface area is 124 Å². The number of aromatic amines is 1. The van der Waals surface area contributed by atoms with Crippen LogP contribution in [0.5, 0.6) is 0 Å². The summed E-state index contributed by atoms with van der Waals surface area (Å²) in [5.41, 5.74) is -0.204. The minimum atomic E-state index is -1.09. The summed E-state index contributed by atoms with van der Waals surface area (Å²) in [7, 11) is 0. The Hall–Kier alpha value is -1.60. The van der Waals surface area contributed by atoms with Crippen LogP contribution in [0.4, 0.5) is 0 Å². The van der Waals surface area contributed by atoms with Crippen LogP contribution < -0.4 is 5.56 Å². The number of aromatic nitrogens is 2. The van der Waals surface area contributed by atoms with Gasteiger partial charge in [0.25, 0.3) is 17.4 Å². The third kappa shape index (κ3) is 3.29. The Balaban J connectivity index is 1.97. The number of nitrogens with zero attached hydrogens (tertiary/aromatic N) is 3. The van der Waals surface area contributed by atoms with Crippen molar-refractivity contribution in [1.82, 2.24) is 20.0 Å². The topological polar surface area (TPSA) is 86.4 Å².